The van der Waals surface area contributed by atoms with Crippen molar-refractivity contribution in [1.82, 2.24) is 0 Å². The molecule has 0 fully saturated rings. The van der Waals surface area contributed by atoms with Crippen molar-refractivity contribution in [3.8, 4) is 0 Å². The second-order valence-electron chi connectivity index (χ2n) is 4.49. The third-order valence-corrected chi connectivity index (χ3v) is 3.14. The molecule has 2 unspecified atom stereocenters. The molecular weight excluding hydrogens is 168 g/mol. The van der Waals surface area contributed by atoms with Crippen LogP contribution in [0.25, 0.3) is 0 Å². The Morgan fingerprint density at radius 1 is 1.00 bits per heavy atom. The first-order valence-electron chi connectivity index (χ1n) is 6.37. The lowest BCUT2D eigenvalue weighted by Crippen LogP contribution is -2.07. The summed E-state index contributed by atoms with van der Waals surface area (Å²) in [4.78, 5) is 0. The lowest BCUT2D eigenvalue weighted by atomic mass is 9.85. The summed E-state index contributed by atoms with van der Waals surface area (Å²) < 4.78 is 0. The predicted octanol–water partition coefficient (Wildman–Crippen LogP) is 5.20. The second-order valence-corrected chi connectivity index (χ2v) is 4.49. The van der Waals surface area contributed by atoms with E-state index in [1.165, 1.54) is 32.1 Å². The van der Waals surface area contributed by atoms with E-state index in [-0.39, 0.29) is 0 Å². The third kappa shape index (κ3) is 4.83. The fourth-order valence-electron chi connectivity index (χ4n) is 2.03. The summed E-state index contributed by atoms with van der Waals surface area (Å²) in [6.45, 7) is 11.6. The molecular formula is C14H28. The Morgan fingerprint density at radius 2 is 1.64 bits per heavy atom. The van der Waals surface area contributed by atoms with Crippen LogP contribution in [0, 0.1) is 11.8 Å². The summed E-state index contributed by atoms with van der Waals surface area (Å²) in [5, 5.41) is 0. The van der Waals surface area contributed by atoms with Gasteiger partial charge in [0.25, 0.3) is 0 Å². The zero-order valence-electron chi connectivity index (χ0n) is 10.8. The van der Waals surface area contributed by atoms with Crippen LogP contribution < -0.4 is 0 Å². The number of hydrogen-bond donors (Lipinski definition) is 0. The van der Waals surface area contributed by atoms with E-state index in [1.54, 1.807) is 5.57 Å². The summed E-state index contributed by atoms with van der Waals surface area (Å²) in [6, 6.07) is 0. The van der Waals surface area contributed by atoms with Crippen LogP contribution in [-0.2, 0) is 0 Å². The molecule has 0 saturated carbocycles. The molecule has 0 rings (SSSR count). The molecule has 0 bridgehead atoms. The minimum Gasteiger partial charge on any atom is -0.0848 e. The lowest BCUT2D eigenvalue weighted by Gasteiger charge is -2.21. The topological polar surface area (TPSA) is 0 Å². The van der Waals surface area contributed by atoms with Crippen LogP contribution in [0.3, 0.4) is 0 Å². The van der Waals surface area contributed by atoms with Gasteiger partial charge in [-0.3, -0.25) is 0 Å². The van der Waals surface area contributed by atoms with Crippen LogP contribution >= 0.6 is 0 Å². The summed E-state index contributed by atoms with van der Waals surface area (Å²) in [6.07, 6.45) is 8.96. The highest BCUT2D eigenvalue weighted by Crippen LogP contribution is 2.26. The van der Waals surface area contributed by atoms with Gasteiger partial charge in [-0.2, -0.15) is 0 Å². The fourth-order valence-corrected chi connectivity index (χ4v) is 2.03. The van der Waals surface area contributed by atoms with Crippen molar-refractivity contribution >= 4 is 0 Å². The van der Waals surface area contributed by atoms with E-state index in [0.717, 1.165) is 11.8 Å². The second kappa shape index (κ2) is 8.08. The highest BCUT2D eigenvalue weighted by Gasteiger charge is 2.12. The standard InChI is InChI=1S/C14H28/c1-6-9-11-14(12(4)8-3)13(5)10-7-2/h11-13H,6-10H2,1-5H3. The van der Waals surface area contributed by atoms with E-state index >= 15 is 0 Å². The van der Waals surface area contributed by atoms with Crippen molar-refractivity contribution in [2.75, 3.05) is 0 Å². The Labute approximate surface area is 90.8 Å². The minimum absolute atomic E-state index is 0.781. The van der Waals surface area contributed by atoms with Gasteiger partial charge >= 0.3 is 0 Å². The molecule has 84 valence electrons. The molecule has 0 aliphatic rings. The van der Waals surface area contributed by atoms with Crippen molar-refractivity contribution < 1.29 is 0 Å². The van der Waals surface area contributed by atoms with Gasteiger partial charge in [-0.15, -0.1) is 0 Å². The largest absolute Gasteiger partial charge is 0.0848 e. The van der Waals surface area contributed by atoms with E-state index in [0.29, 0.717) is 0 Å². The van der Waals surface area contributed by atoms with Gasteiger partial charge in [0, 0.05) is 0 Å². The molecule has 0 heterocycles. The average Bonchev–Trinajstić information content (AvgIpc) is 2.18. The first-order chi connectivity index (χ1) is 6.67. The third-order valence-electron chi connectivity index (χ3n) is 3.14. The zero-order valence-corrected chi connectivity index (χ0v) is 10.8. The molecule has 0 aliphatic heterocycles. The van der Waals surface area contributed by atoms with Gasteiger partial charge in [-0.1, -0.05) is 59.1 Å². The Hall–Kier alpha value is -0.260. The molecule has 0 heteroatoms. The van der Waals surface area contributed by atoms with Gasteiger partial charge in [0.05, 0.1) is 0 Å². The van der Waals surface area contributed by atoms with E-state index in [9.17, 15) is 0 Å². The van der Waals surface area contributed by atoms with E-state index in [1.807, 2.05) is 0 Å². The van der Waals surface area contributed by atoms with Crippen LogP contribution in [0.4, 0.5) is 0 Å². The van der Waals surface area contributed by atoms with Gasteiger partial charge in [0.15, 0.2) is 0 Å². The molecule has 0 N–H and O–H groups in total. The van der Waals surface area contributed by atoms with Gasteiger partial charge < -0.3 is 0 Å². The molecule has 0 saturated heterocycles. The molecule has 0 nitrogen and oxygen atoms in total. The summed E-state index contributed by atoms with van der Waals surface area (Å²) in [5.41, 5.74) is 1.70. The first kappa shape index (κ1) is 13.7. The Morgan fingerprint density at radius 3 is 2.07 bits per heavy atom. The normalized spacial score (nSPS) is 16.8. The highest BCUT2D eigenvalue weighted by atomic mass is 14.2. The molecule has 0 aliphatic carbocycles. The van der Waals surface area contributed by atoms with Crippen LogP contribution in [-0.4, -0.2) is 0 Å². The van der Waals surface area contributed by atoms with Crippen molar-refractivity contribution in [1.29, 1.82) is 0 Å². The summed E-state index contributed by atoms with van der Waals surface area (Å²) >= 11 is 0. The maximum absolute atomic E-state index is 2.49. The molecule has 0 spiro atoms. The molecule has 0 amide bonds. The Kier molecular flexibility index (Phi) is 7.93. The maximum Gasteiger partial charge on any atom is -0.0229 e. The number of rotatable bonds is 7. The van der Waals surface area contributed by atoms with Gasteiger partial charge in [-0.25, -0.2) is 0 Å². The molecule has 14 heavy (non-hydrogen) atoms. The van der Waals surface area contributed by atoms with E-state index in [2.05, 4.69) is 40.7 Å². The average molecular weight is 196 g/mol. The number of hydrogen-bond acceptors (Lipinski definition) is 0. The predicted molar refractivity (Wildman–Crippen MR) is 66.5 cm³/mol. The van der Waals surface area contributed by atoms with Crippen LogP contribution in [0.15, 0.2) is 11.6 Å². The monoisotopic (exact) mass is 196 g/mol. The van der Waals surface area contributed by atoms with Crippen molar-refractivity contribution in [3.63, 3.8) is 0 Å². The molecule has 0 aromatic heterocycles. The smallest absolute Gasteiger partial charge is 0.0229 e. The molecule has 0 aromatic carbocycles. The van der Waals surface area contributed by atoms with Gasteiger partial charge in [0.2, 0.25) is 0 Å². The van der Waals surface area contributed by atoms with E-state index in [4.69, 9.17) is 0 Å². The maximum atomic E-state index is 2.49. The van der Waals surface area contributed by atoms with Crippen molar-refractivity contribution in [2.24, 2.45) is 11.8 Å². The van der Waals surface area contributed by atoms with Gasteiger partial charge in [0.1, 0.15) is 0 Å². The highest BCUT2D eigenvalue weighted by molar-refractivity contribution is 5.09. The van der Waals surface area contributed by atoms with Crippen molar-refractivity contribution in [2.45, 2.75) is 66.7 Å². The molecule has 2 atom stereocenters. The quantitative estimate of drug-likeness (QED) is 0.491. The Balaban J connectivity index is 4.37. The summed E-state index contributed by atoms with van der Waals surface area (Å²) in [7, 11) is 0. The first-order valence-corrected chi connectivity index (χ1v) is 6.37. The minimum atomic E-state index is 0.781. The lowest BCUT2D eigenvalue weighted by molar-refractivity contribution is 0.505. The van der Waals surface area contributed by atoms with Crippen molar-refractivity contribution in [3.05, 3.63) is 11.6 Å². The summed E-state index contributed by atoms with van der Waals surface area (Å²) in [5.74, 6) is 1.57. The Bertz CT molecular complexity index is 155. The molecule has 0 aromatic rings. The number of unbranched alkanes of at least 4 members (excludes halogenated alkanes) is 1. The SMILES string of the molecule is CCCC=C(C(C)CC)C(C)CCC. The van der Waals surface area contributed by atoms with E-state index < -0.39 is 0 Å². The zero-order chi connectivity index (χ0) is 11.0. The van der Waals surface area contributed by atoms with Crippen LogP contribution in [0.2, 0.25) is 0 Å². The van der Waals surface area contributed by atoms with Crippen LogP contribution in [0.1, 0.15) is 66.7 Å². The molecule has 0 radical (unpaired) electrons. The van der Waals surface area contributed by atoms with Crippen LogP contribution in [0.5, 0.6) is 0 Å². The fraction of sp³-hybridized carbons (Fsp3) is 0.857. The van der Waals surface area contributed by atoms with Gasteiger partial charge in [-0.05, 0) is 31.1 Å². The number of allylic oxidation sites excluding steroid dienone is 2.